The second-order valence-corrected chi connectivity index (χ2v) is 5.68. The van der Waals surface area contributed by atoms with Gasteiger partial charge >= 0.3 is 0 Å². The van der Waals surface area contributed by atoms with Gasteiger partial charge in [0.1, 0.15) is 11.9 Å². The Kier molecular flexibility index (Phi) is 3.01. The molecule has 2 heterocycles. The highest BCUT2D eigenvalue weighted by Gasteiger charge is 2.35. The van der Waals surface area contributed by atoms with Gasteiger partial charge in [0.2, 0.25) is 0 Å². The van der Waals surface area contributed by atoms with Gasteiger partial charge in [-0.3, -0.25) is 4.90 Å². The predicted molar refractivity (Wildman–Crippen MR) is 69.6 cm³/mol. The van der Waals surface area contributed by atoms with Crippen LogP contribution in [0, 0.1) is 0 Å². The fraction of sp³-hybridized carbons (Fsp3) is 0.571. The van der Waals surface area contributed by atoms with Crippen LogP contribution in [-0.4, -0.2) is 47.9 Å². The van der Waals surface area contributed by atoms with E-state index in [9.17, 15) is 5.11 Å². The SMILES string of the molecule is CC1(O)CN(Cc2ccc(OC3CNC3)cc2)C1. The summed E-state index contributed by atoms with van der Waals surface area (Å²) in [5.74, 6) is 0.945. The summed E-state index contributed by atoms with van der Waals surface area (Å²) in [6.07, 6.45) is 0.335. The Bertz CT molecular complexity index is 404. The summed E-state index contributed by atoms with van der Waals surface area (Å²) >= 11 is 0. The molecule has 0 radical (unpaired) electrons. The molecule has 1 aromatic rings. The van der Waals surface area contributed by atoms with Crippen molar-refractivity contribution >= 4 is 0 Å². The summed E-state index contributed by atoms with van der Waals surface area (Å²) in [5.41, 5.74) is 0.782. The second-order valence-electron chi connectivity index (χ2n) is 5.68. The highest BCUT2D eigenvalue weighted by atomic mass is 16.5. The number of rotatable bonds is 4. The maximum Gasteiger partial charge on any atom is 0.123 e. The number of aliphatic hydroxyl groups is 1. The van der Waals surface area contributed by atoms with Crippen LogP contribution in [0.2, 0.25) is 0 Å². The van der Waals surface area contributed by atoms with Gasteiger partial charge in [-0.1, -0.05) is 12.1 Å². The van der Waals surface area contributed by atoms with Gasteiger partial charge < -0.3 is 15.2 Å². The second kappa shape index (κ2) is 4.53. The molecule has 0 aliphatic carbocycles. The third-order valence-corrected chi connectivity index (χ3v) is 3.50. The molecule has 0 atom stereocenters. The van der Waals surface area contributed by atoms with Crippen LogP contribution in [0.1, 0.15) is 12.5 Å². The van der Waals surface area contributed by atoms with Crippen molar-refractivity contribution in [3.8, 4) is 5.75 Å². The van der Waals surface area contributed by atoms with Gasteiger partial charge in [-0.2, -0.15) is 0 Å². The highest BCUT2D eigenvalue weighted by molar-refractivity contribution is 5.28. The van der Waals surface area contributed by atoms with Crippen LogP contribution in [0.4, 0.5) is 0 Å². The lowest BCUT2D eigenvalue weighted by Gasteiger charge is -2.44. The minimum Gasteiger partial charge on any atom is -0.488 e. The fourth-order valence-corrected chi connectivity index (χ4v) is 2.50. The quantitative estimate of drug-likeness (QED) is 0.819. The molecule has 2 aliphatic heterocycles. The zero-order valence-electron chi connectivity index (χ0n) is 10.7. The molecule has 18 heavy (non-hydrogen) atoms. The maximum absolute atomic E-state index is 9.67. The summed E-state index contributed by atoms with van der Waals surface area (Å²) in [4.78, 5) is 2.24. The first kappa shape index (κ1) is 12.0. The first-order valence-corrected chi connectivity index (χ1v) is 6.52. The molecular formula is C14H20N2O2. The van der Waals surface area contributed by atoms with E-state index in [-0.39, 0.29) is 0 Å². The standard InChI is InChI=1S/C14H20N2O2/c1-14(17)9-16(10-14)8-11-2-4-12(5-3-11)18-13-6-15-7-13/h2-5,13,15,17H,6-10H2,1H3. The number of β-amino-alcohol motifs (C(OH)–C–C–N with tert-alkyl or cyclic N) is 1. The van der Waals surface area contributed by atoms with Crippen LogP contribution < -0.4 is 10.1 Å². The first-order chi connectivity index (χ1) is 8.61. The van der Waals surface area contributed by atoms with E-state index in [1.165, 1.54) is 5.56 Å². The minimum absolute atomic E-state index is 0.335. The minimum atomic E-state index is -0.486. The Morgan fingerprint density at radius 1 is 1.33 bits per heavy atom. The Labute approximate surface area is 108 Å². The van der Waals surface area contributed by atoms with Crippen molar-refractivity contribution in [2.24, 2.45) is 0 Å². The molecule has 3 rings (SSSR count). The monoisotopic (exact) mass is 248 g/mol. The molecule has 4 heteroatoms. The summed E-state index contributed by atoms with van der Waals surface area (Å²) in [6.45, 7) is 6.21. The van der Waals surface area contributed by atoms with E-state index in [2.05, 4.69) is 22.3 Å². The number of hydrogen-bond donors (Lipinski definition) is 2. The summed E-state index contributed by atoms with van der Waals surface area (Å²) in [5, 5.41) is 12.9. The fourth-order valence-electron chi connectivity index (χ4n) is 2.50. The number of nitrogens with zero attached hydrogens (tertiary/aromatic N) is 1. The van der Waals surface area contributed by atoms with Gasteiger partial charge in [0.25, 0.3) is 0 Å². The average Bonchev–Trinajstić information content (AvgIpc) is 2.23. The predicted octanol–water partition coefficient (Wildman–Crippen LogP) is 0.604. The summed E-state index contributed by atoms with van der Waals surface area (Å²) in [6, 6.07) is 8.28. The molecule has 0 spiro atoms. The van der Waals surface area contributed by atoms with Crippen molar-refractivity contribution in [2.45, 2.75) is 25.2 Å². The maximum atomic E-state index is 9.67. The van der Waals surface area contributed by atoms with E-state index in [1.54, 1.807) is 0 Å². The molecule has 4 nitrogen and oxygen atoms in total. The molecule has 2 aliphatic rings. The van der Waals surface area contributed by atoms with Gasteiger partial charge in [0.05, 0.1) is 5.60 Å². The van der Waals surface area contributed by atoms with E-state index >= 15 is 0 Å². The molecule has 2 fully saturated rings. The van der Waals surface area contributed by atoms with Crippen LogP contribution in [0.25, 0.3) is 0 Å². The molecule has 0 bridgehead atoms. The zero-order valence-corrected chi connectivity index (χ0v) is 10.7. The van der Waals surface area contributed by atoms with E-state index in [1.807, 2.05) is 19.1 Å². The number of hydrogen-bond acceptors (Lipinski definition) is 4. The summed E-state index contributed by atoms with van der Waals surface area (Å²) in [7, 11) is 0. The molecule has 0 unspecified atom stereocenters. The van der Waals surface area contributed by atoms with Gasteiger partial charge in [-0.05, 0) is 24.6 Å². The number of nitrogens with one attached hydrogen (secondary N) is 1. The van der Waals surface area contributed by atoms with Gasteiger partial charge in [0.15, 0.2) is 0 Å². The van der Waals surface area contributed by atoms with E-state index < -0.39 is 5.60 Å². The molecular weight excluding hydrogens is 228 g/mol. The lowest BCUT2D eigenvalue weighted by atomic mass is 9.96. The van der Waals surface area contributed by atoms with Gasteiger partial charge in [-0.25, -0.2) is 0 Å². The Balaban J connectivity index is 1.51. The molecule has 0 saturated carbocycles. The van der Waals surface area contributed by atoms with E-state index in [0.29, 0.717) is 6.10 Å². The molecule has 0 aromatic heterocycles. The number of likely N-dealkylation sites (tertiary alicyclic amines) is 1. The van der Waals surface area contributed by atoms with Crippen molar-refractivity contribution < 1.29 is 9.84 Å². The number of ether oxygens (including phenoxy) is 1. The average molecular weight is 248 g/mol. The van der Waals surface area contributed by atoms with Crippen molar-refractivity contribution in [2.75, 3.05) is 26.2 Å². The molecule has 98 valence electrons. The van der Waals surface area contributed by atoms with Gasteiger partial charge in [-0.15, -0.1) is 0 Å². The van der Waals surface area contributed by atoms with E-state index in [0.717, 1.165) is 38.5 Å². The molecule has 2 saturated heterocycles. The van der Waals surface area contributed by atoms with Crippen molar-refractivity contribution in [3.63, 3.8) is 0 Å². The topological polar surface area (TPSA) is 44.7 Å². The first-order valence-electron chi connectivity index (χ1n) is 6.52. The number of benzene rings is 1. The normalized spacial score (nSPS) is 23.2. The smallest absolute Gasteiger partial charge is 0.123 e. The van der Waals surface area contributed by atoms with Gasteiger partial charge in [0, 0.05) is 32.7 Å². The Hall–Kier alpha value is -1.10. The highest BCUT2D eigenvalue weighted by Crippen LogP contribution is 2.23. The summed E-state index contributed by atoms with van der Waals surface area (Å²) < 4.78 is 5.77. The Morgan fingerprint density at radius 3 is 2.50 bits per heavy atom. The van der Waals surface area contributed by atoms with Crippen molar-refractivity contribution in [1.29, 1.82) is 0 Å². The Morgan fingerprint density at radius 2 is 2.00 bits per heavy atom. The zero-order chi connectivity index (χ0) is 12.6. The third-order valence-electron chi connectivity index (χ3n) is 3.50. The van der Waals surface area contributed by atoms with Crippen LogP contribution >= 0.6 is 0 Å². The third kappa shape index (κ3) is 2.66. The van der Waals surface area contributed by atoms with Crippen molar-refractivity contribution in [1.82, 2.24) is 10.2 Å². The van der Waals surface area contributed by atoms with Crippen LogP contribution in [-0.2, 0) is 6.54 Å². The van der Waals surface area contributed by atoms with Crippen LogP contribution in [0.5, 0.6) is 5.75 Å². The lowest BCUT2D eigenvalue weighted by Crippen LogP contribution is -2.59. The largest absolute Gasteiger partial charge is 0.488 e. The molecule has 2 N–H and O–H groups in total. The molecule has 1 aromatic carbocycles. The van der Waals surface area contributed by atoms with Crippen LogP contribution in [0.15, 0.2) is 24.3 Å². The van der Waals surface area contributed by atoms with E-state index in [4.69, 9.17) is 4.74 Å². The van der Waals surface area contributed by atoms with Crippen molar-refractivity contribution in [3.05, 3.63) is 29.8 Å². The van der Waals surface area contributed by atoms with Crippen LogP contribution in [0.3, 0.4) is 0 Å². The molecule has 0 amide bonds. The lowest BCUT2D eigenvalue weighted by molar-refractivity contribution is -0.0871.